The van der Waals surface area contributed by atoms with Gasteiger partial charge in [-0.25, -0.2) is 13.1 Å². The zero-order chi connectivity index (χ0) is 12.6. The van der Waals surface area contributed by atoms with Gasteiger partial charge in [-0.15, -0.1) is 0 Å². The molecule has 0 aromatic heterocycles. The van der Waals surface area contributed by atoms with Crippen LogP contribution in [0.4, 0.5) is 0 Å². The number of nitrogens with one attached hydrogen (secondary N) is 1. The minimum Gasteiger partial charge on any atom is -0.381 e. The van der Waals surface area contributed by atoms with Crippen molar-refractivity contribution in [3.8, 4) is 0 Å². The van der Waals surface area contributed by atoms with Crippen molar-refractivity contribution in [1.29, 1.82) is 0 Å². The van der Waals surface area contributed by atoms with Crippen LogP contribution in [0.25, 0.3) is 0 Å². The normalized spacial score (nSPS) is 18.4. The van der Waals surface area contributed by atoms with E-state index in [1.807, 2.05) is 0 Å². The van der Waals surface area contributed by atoms with Crippen LogP contribution in [-0.2, 0) is 14.8 Å². The Morgan fingerprint density at radius 2 is 1.88 bits per heavy atom. The molecule has 17 heavy (non-hydrogen) atoms. The molecule has 0 aromatic carbocycles. The minimum absolute atomic E-state index is 0.167. The smallest absolute Gasteiger partial charge is 0.214 e. The molecule has 1 saturated carbocycles. The molecule has 6 heteroatoms. The summed E-state index contributed by atoms with van der Waals surface area (Å²) in [6.07, 6.45) is 5.62. The Kier molecular flexibility index (Phi) is 7.66. The summed E-state index contributed by atoms with van der Waals surface area (Å²) < 4.78 is 31.8. The second kappa shape index (κ2) is 8.45. The molecule has 0 heterocycles. The Balaban J connectivity index is 2.15. The van der Waals surface area contributed by atoms with Crippen LogP contribution in [0.5, 0.6) is 0 Å². The maximum absolute atomic E-state index is 11.9. The summed E-state index contributed by atoms with van der Waals surface area (Å²) in [5.41, 5.74) is 0. The van der Waals surface area contributed by atoms with Crippen molar-refractivity contribution in [3.05, 3.63) is 0 Å². The van der Waals surface area contributed by atoms with Crippen LogP contribution in [0.2, 0.25) is 0 Å². The third kappa shape index (κ3) is 6.18. The topological polar surface area (TPSA) is 55.4 Å². The van der Waals surface area contributed by atoms with Gasteiger partial charge < -0.3 is 4.74 Å². The van der Waals surface area contributed by atoms with E-state index in [9.17, 15) is 8.42 Å². The molecule has 1 aliphatic carbocycles. The van der Waals surface area contributed by atoms with E-state index >= 15 is 0 Å². The molecule has 1 fully saturated rings. The lowest BCUT2D eigenvalue weighted by Gasteiger charge is -2.21. The first kappa shape index (κ1) is 15.4. The third-order valence-corrected chi connectivity index (χ3v) is 5.26. The first-order valence-electron chi connectivity index (χ1n) is 6.29. The highest BCUT2D eigenvalue weighted by Gasteiger charge is 2.26. The lowest BCUT2D eigenvalue weighted by atomic mass is 10.0. The number of halogens is 1. The predicted octanol–water partition coefficient (Wildman–Crippen LogP) is 2.04. The number of hydrogen-bond donors (Lipinski definition) is 1. The Labute approximate surface area is 113 Å². The maximum atomic E-state index is 11.9. The summed E-state index contributed by atoms with van der Waals surface area (Å²) in [5.74, 6) is 0. The monoisotopic (exact) mass is 327 g/mol. The van der Waals surface area contributed by atoms with Crippen LogP contribution in [0.3, 0.4) is 0 Å². The molecule has 4 nitrogen and oxygen atoms in total. The Bertz CT molecular complexity index is 289. The Morgan fingerprint density at radius 3 is 2.53 bits per heavy atom. The SMILES string of the molecule is O=S(=O)(NCCCOCCBr)C1CCCCC1. The van der Waals surface area contributed by atoms with E-state index in [1.54, 1.807) is 0 Å². The molecular weight excluding hydrogens is 306 g/mol. The highest BCUT2D eigenvalue weighted by atomic mass is 79.9. The lowest BCUT2D eigenvalue weighted by molar-refractivity contribution is 0.149. The summed E-state index contributed by atoms with van der Waals surface area (Å²) in [6.45, 7) is 1.77. The summed E-state index contributed by atoms with van der Waals surface area (Å²) in [7, 11) is -3.09. The number of sulfonamides is 1. The number of hydrogen-bond acceptors (Lipinski definition) is 3. The van der Waals surface area contributed by atoms with E-state index in [0.717, 1.165) is 37.4 Å². The highest BCUT2D eigenvalue weighted by molar-refractivity contribution is 9.09. The van der Waals surface area contributed by atoms with Crippen LogP contribution < -0.4 is 4.72 Å². The van der Waals surface area contributed by atoms with Crippen molar-refractivity contribution in [2.45, 2.75) is 43.8 Å². The van der Waals surface area contributed by atoms with Gasteiger partial charge in [-0.05, 0) is 19.3 Å². The van der Waals surface area contributed by atoms with Crippen LogP contribution in [0, 0.1) is 0 Å². The molecule has 0 atom stereocenters. The number of alkyl halides is 1. The van der Waals surface area contributed by atoms with Crippen LogP contribution in [-0.4, -0.2) is 38.8 Å². The van der Waals surface area contributed by atoms with Crippen LogP contribution in [0.15, 0.2) is 0 Å². The second-order valence-corrected chi connectivity index (χ2v) is 7.19. The molecule has 1 N–H and O–H groups in total. The molecule has 1 aliphatic rings. The molecule has 0 unspecified atom stereocenters. The fourth-order valence-electron chi connectivity index (χ4n) is 2.04. The highest BCUT2D eigenvalue weighted by Crippen LogP contribution is 2.22. The van der Waals surface area contributed by atoms with Crippen LogP contribution >= 0.6 is 15.9 Å². The minimum atomic E-state index is -3.09. The molecular formula is C11H22BrNO3S. The summed E-state index contributed by atoms with van der Waals surface area (Å²) in [4.78, 5) is 0. The largest absolute Gasteiger partial charge is 0.381 e. The average molecular weight is 328 g/mol. The lowest BCUT2D eigenvalue weighted by Crippen LogP contribution is -2.36. The third-order valence-electron chi connectivity index (χ3n) is 2.98. The first-order valence-corrected chi connectivity index (χ1v) is 8.96. The van der Waals surface area contributed by atoms with Crippen molar-refractivity contribution in [2.75, 3.05) is 25.1 Å². The standard InChI is InChI=1S/C11H22BrNO3S/c12-7-10-16-9-4-8-13-17(14,15)11-5-2-1-3-6-11/h11,13H,1-10H2. The van der Waals surface area contributed by atoms with E-state index < -0.39 is 10.0 Å². The van der Waals surface area contributed by atoms with Gasteiger partial charge in [0.2, 0.25) is 10.0 Å². The van der Waals surface area contributed by atoms with E-state index in [4.69, 9.17) is 4.74 Å². The fourth-order valence-corrected chi connectivity index (χ4v) is 3.89. The van der Waals surface area contributed by atoms with Crippen molar-refractivity contribution >= 4 is 26.0 Å². The molecule has 0 aliphatic heterocycles. The van der Waals surface area contributed by atoms with E-state index in [-0.39, 0.29) is 5.25 Å². The van der Waals surface area contributed by atoms with E-state index in [1.165, 1.54) is 6.42 Å². The zero-order valence-corrected chi connectivity index (χ0v) is 12.6. The molecule has 0 aromatic rings. The van der Waals surface area contributed by atoms with Gasteiger partial charge in [-0.3, -0.25) is 0 Å². The zero-order valence-electron chi connectivity index (χ0n) is 10.2. The molecule has 0 bridgehead atoms. The Morgan fingerprint density at radius 1 is 1.18 bits per heavy atom. The predicted molar refractivity (Wildman–Crippen MR) is 73.0 cm³/mol. The molecule has 0 saturated heterocycles. The van der Waals surface area contributed by atoms with Gasteiger partial charge in [0.15, 0.2) is 0 Å². The molecule has 0 spiro atoms. The van der Waals surface area contributed by atoms with Crippen molar-refractivity contribution < 1.29 is 13.2 Å². The summed E-state index contributed by atoms with van der Waals surface area (Å²) in [5, 5.41) is 0.653. The van der Waals surface area contributed by atoms with Crippen LogP contribution in [0.1, 0.15) is 38.5 Å². The summed E-state index contributed by atoms with van der Waals surface area (Å²) >= 11 is 3.27. The van der Waals surface area contributed by atoms with Gasteiger partial charge in [0.25, 0.3) is 0 Å². The molecule has 0 radical (unpaired) electrons. The Hall–Kier alpha value is 0.350. The van der Waals surface area contributed by atoms with Crippen molar-refractivity contribution in [1.82, 2.24) is 4.72 Å². The molecule has 102 valence electrons. The average Bonchev–Trinajstić information content (AvgIpc) is 2.35. The second-order valence-electron chi connectivity index (χ2n) is 4.35. The van der Waals surface area contributed by atoms with E-state index in [0.29, 0.717) is 19.8 Å². The summed E-state index contributed by atoms with van der Waals surface area (Å²) in [6, 6.07) is 0. The number of ether oxygens (including phenoxy) is 1. The van der Waals surface area contributed by atoms with Gasteiger partial charge in [0, 0.05) is 18.5 Å². The fraction of sp³-hybridized carbons (Fsp3) is 1.00. The quantitative estimate of drug-likeness (QED) is 0.548. The van der Waals surface area contributed by atoms with Gasteiger partial charge in [-0.2, -0.15) is 0 Å². The van der Waals surface area contributed by atoms with Gasteiger partial charge >= 0.3 is 0 Å². The van der Waals surface area contributed by atoms with Crippen molar-refractivity contribution in [2.24, 2.45) is 0 Å². The maximum Gasteiger partial charge on any atom is 0.214 e. The van der Waals surface area contributed by atoms with Crippen molar-refractivity contribution in [3.63, 3.8) is 0 Å². The first-order chi connectivity index (χ1) is 8.17. The van der Waals surface area contributed by atoms with Gasteiger partial charge in [-0.1, -0.05) is 35.2 Å². The molecule has 1 rings (SSSR count). The van der Waals surface area contributed by atoms with E-state index in [2.05, 4.69) is 20.7 Å². The molecule has 0 amide bonds. The number of rotatable bonds is 8. The van der Waals surface area contributed by atoms with Gasteiger partial charge in [0.05, 0.1) is 11.9 Å². The van der Waals surface area contributed by atoms with Gasteiger partial charge in [0.1, 0.15) is 0 Å².